The lowest BCUT2D eigenvalue weighted by Crippen LogP contribution is -2.41. The molecule has 1 rings (SSSR count). The van der Waals surface area contributed by atoms with Crippen LogP contribution in [0.1, 0.15) is 12.5 Å². The van der Waals surface area contributed by atoms with E-state index in [4.69, 9.17) is 5.11 Å². The van der Waals surface area contributed by atoms with Crippen LogP contribution in [0.2, 0.25) is 0 Å². The zero-order valence-corrected chi connectivity index (χ0v) is 10.2. The molecule has 0 bridgehead atoms. The number of hydrazine groups is 1. The number of rotatable bonds is 4. The molecule has 17 heavy (non-hydrogen) atoms. The van der Waals surface area contributed by atoms with Gasteiger partial charge in [0, 0.05) is 11.8 Å². The third-order valence-electron chi connectivity index (χ3n) is 1.85. The molecule has 0 saturated carbocycles. The second kappa shape index (κ2) is 6.93. The van der Waals surface area contributed by atoms with Crippen LogP contribution in [-0.4, -0.2) is 22.7 Å². The maximum absolute atomic E-state index is 11.3. The number of nitrogens with one attached hydrogen (secondary N) is 2. The van der Waals surface area contributed by atoms with Gasteiger partial charge in [0.05, 0.1) is 12.4 Å². The van der Waals surface area contributed by atoms with E-state index >= 15 is 0 Å². The summed E-state index contributed by atoms with van der Waals surface area (Å²) in [6.45, 7) is 1.33. The minimum Gasteiger partial charge on any atom is -0.392 e. The standard InChI is InChI=1S/C11H14N2O3S/c1-8(15)12-13-11(16)7-17-10-4-2-9(6-14)3-5-10/h2-5,14H,6-7H2,1H3,(H,12,15)(H,13,16). The molecule has 0 heterocycles. The van der Waals surface area contributed by atoms with Gasteiger partial charge in [-0.25, -0.2) is 0 Å². The zero-order valence-electron chi connectivity index (χ0n) is 9.40. The van der Waals surface area contributed by atoms with Crippen molar-refractivity contribution in [2.75, 3.05) is 5.75 Å². The average molecular weight is 254 g/mol. The summed E-state index contributed by atoms with van der Waals surface area (Å²) in [4.78, 5) is 22.7. The van der Waals surface area contributed by atoms with E-state index in [0.29, 0.717) is 0 Å². The van der Waals surface area contributed by atoms with Gasteiger partial charge < -0.3 is 5.11 Å². The third kappa shape index (κ3) is 5.37. The summed E-state index contributed by atoms with van der Waals surface area (Å²) in [5.74, 6) is -0.356. The van der Waals surface area contributed by atoms with Gasteiger partial charge in [0.2, 0.25) is 11.8 Å². The van der Waals surface area contributed by atoms with Gasteiger partial charge in [-0.3, -0.25) is 20.4 Å². The first-order valence-corrected chi connectivity index (χ1v) is 5.98. The molecule has 0 aromatic heterocycles. The van der Waals surface area contributed by atoms with Crippen LogP contribution in [0.5, 0.6) is 0 Å². The molecule has 6 heteroatoms. The SMILES string of the molecule is CC(=O)NNC(=O)CSc1ccc(CO)cc1. The summed E-state index contributed by atoms with van der Waals surface area (Å²) in [7, 11) is 0. The second-order valence-corrected chi connectivity index (χ2v) is 4.37. The van der Waals surface area contributed by atoms with Crippen molar-refractivity contribution < 1.29 is 14.7 Å². The van der Waals surface area contributed by atoms with E-state index in [1.54, 1.807) is 12.1 Å². The Hall–Kier alpha value is -1.53. The minimum atomic E-state index is -0.310. The molecule has 0 aliphatic heterocycles. The molecular formula is C11H14N2O3S. The van der Waals surface area contributed by atoms with Crippen molar-refractivity contribution in [3.63, 3.8) is 0 Å². The molecule has 0 aliphatic carbocycles. The number of aliphatic hydroxyl groups is 1. The fraction of sp³-hybridized carbons (Fsp3) is 0.273. The van der Waals surface area contributed by atoms with Crippen LogP contribution < -0.4 is 10.9 Å². The van der Waals surface area contributed by atoms with Crippen LogP contribution in [-0.2, 0) is 16.2 Å². The summed E-state index contributed by atoms with van der Waals surface area (Å²) in [6, 6.07) is 7.27. The molecule has 3 N–H and O–H groups in total. The molecule has 0 fully saturated rings. The molecular weight excluding hydrogens is 240 g/mol. The molecule has 1 aromatic carbocycles. The Morgan fingerprint density at radius 2 is 1.88 bits per heavy atom. The lowest BCUT2D eigenvalue weighted by molar-refractivity contribution is -0.126. The van der Waals surface area contributed by atoms with Crippen molar-refractivity contribution in [3.8, 4) is 0 Å². The van der Waals surface area contributed by atoms with Crippen molar-refractivity contribution in [2.45, 2.75) is 18.4 Å². The number of thioether (sulfide) groups is 1. The number of hydrogen-bond acceptors (Lipinski definition) is 4. The predicted octanol–water partition coefficient (Wildman–Crippen LogP) is 0.438. The zero-order chi connectivity index (χ0) is 12.7. The highest BCUT2D eigenvalue weighted by Crippen LogP contribution is 2.17. The van der Waals surface area contributed by atoms with Crippen LogP contribution in [0.3, 0.4) is 0 Å². The van der Waals surface area contributed by atoms with E-state index in [2.05, 4.69) is 10.9 Å². The summed E-state index contributed by atoms with van der Waals surface area (Å²) in [6.07, 6.45) is 0. The van der Waals surface area contributed by atoms with Crippen molar-refractivity contribution in [1.29, 1.82) is 0 Å². The topological polar surface area (TPSA) is 78.4 Å². The van der Waals surface area contributed by atoms with Crippen molar-refractivity contribution >= 4 is 23.6 Å². The monoisotopic (exact) mass is 254 g/mol. The fourth-order valence-corrected chi connectivity index (χ4v) is 1.73. The first-order chi connectivity index (χ1) is 8.11. The van der Waals surface area contributed by atoms with Gasteiger partial charge in [-0.05, 0) is 17.7 Å². The first-order valence-electron chi connectivity index (χ1n) is 5.00. The molecule has 0 unspecified atom stereocenters. The Morgan fingerprint density at radius 1 is 1.24 bits per heavy atom. The Kier molecular flexibility index (Phi) is 5.51. The first kappa shape index (κ1) is 13.5. The Bertz CT molecular complexity index is 392. The molecule has 0 saturated heterocycles. The van der Waals surface area contributed by atoms with E-state index in [-0.39, 0.29) is 24.2 Å². The van der Waals surface area contributed by atoms with Gasteiger partial charge in [-0.2, -0.15) is 0 Å². The van der Waals surface area contributed by atoms with Gasteiger partial charge in [-0.1, -0.05) is 12.1 Å². The normalized spacial score (nSPS) is 9.76. The smallest absolute Gasteiger partial charge is 0.248 e. The van der Waals surface area contributed by atoms with E-state index in [9.17, 15) is 9.59 Å². The quantitative estimate of drug-likeness (QED) is 0.538. The molecule has 0 aliphatic rings. The van der Waals surface area contributed by atoms with Crippen LogP contribution in [0.4, 0.5) is 0 Å². The average Bonchev–Trinajstić information content (AvgIpc) is 2.34. The molecule has 5 nitrogen and oxygen atoms in total. The lowest BCUT2D eigenvalue weighted by Gasteiger charge is -2.05. The van der Waals surface area contributed by atoms with Crippen molar-refractivity contribution in [3.05, 3.63) is 29.8 Å². The number of benzene rings is 1. The number of hydrogen-bond donors (Lipinski definition) is 3. The van der Waals surface area contributed by atoms with Gasteiger partial charge in [0.1, 0.15) is 0 Å². The molecule has 0 spiro atoms. The molecule has 0 radical (unpaired) electrons. The fourth-order valence-electron chi connectivity index (χ4n) is 1.03. The van der Waals surface area contributed by atoms with E-state index < -0.39 is 0 Å². The lowest BCUT2D eigenvalue weighted by atomic mass is 10.2. The van der Waals surface area contributed by atoms with Crippen molar-refractivity contribution in [2.24, 2.45) is 0 Å². The molecule has 2 amide bonds. The maximum atomic E-state index is 11.3. The molecule has 1 aromatic rings. The Labute approximate surface area is 104 Å². The highest BCUT2D eigenvalue weighted by atomic mass is 32.2. The maximum Gasteiger partial charge on any atom is 0.248 e. The number of carbonyl (C=O) groups excluding carboxylic acids is 2. The van der Waals surface area contributed by atoms with Gasteiger partial charge in [0.25, 0.3) is 0 Å². The number of carbonyl (C=O) groups is 2. The minimum absolute atomic E-state index is 0.00790. The van der Waals surface area contributed by atoms with Crippen LogP contribution in [0.25, 0.3) is 0 Å². The van der Waals surface area contributed by atoms with Crippen LogP contribution >= 0.6 is 11.8 Å². The number of amides is 2. The predicted molar refractivity (Wildman–Crippen MR) is 65.0 cm³/mol. The van der Waals surface area contributed by atoms with Crippen LogP contribution in [0, 0.1) is 0 Å². The summed E-state index contributed by atoms with van der Waals surface area (Å²) < 4.78 is 0. The Morgan fingerprint density at radius 3 is 2.41 bits per heavy atom. The van der Waals surface area contributed by atoms with Crippen molar-refractivity contribution in [1.82, 2.24) is 10.9 Å². The van der Waals surface area contributed by atoms with Gasteiger partial charge in [0.15, 0.2) is 0 Å². The third-order valence-corrected chi connectivity index (χ3v) is 2.87. The van der Waals surface area contributed by atoms with E-state index in [1.807, 2.05) is 12.1 Å². The largest absolute Gasteiger partial charge is 0.392 e. The molecule has 92 valence electrons. The van der Waals surface area contributed by atoms with E-state index in [1.165, 1.54) is 18.7 Å². The summed E-state index contributed by atoms with van der Waals surface area (Å²) >= 11 is 1.35. The highest BCUT2D eigenvalue weighted by Gasteiger charge is 2.02. The highest BCUT2D eigenvalue weighted by molar-refractivity contribution is 8.00. The van der Waals surface area contributed by atoms with Gasteiger partial charge >= 0.3 is 0 Å². The van der Waals surface area contributed by atoms with Gasteiger partial charge in [-0.15, -0.1) is 11.8 Å². The Balaban J connectivity index is 2.34. The second-order valence-electron chi connectivity index (χ2n) is 3.32. The summed E-state index contributed by atoms with van der Waals surface area (Å²) in [5, 5.41) is 8.86. The van der Waals surface area contributed by atoms with E-state index in [0.717, 1.165) is 10.5 Å². The van der Waals surface area contributed by atoms with Crippen LogP contribution in [0.15, 0.2) is 29.2 Å². The molecule has 0 atom stereocenters. The number of aliphatic hydroxyl groups excluding tert-OH is 1. The summed E-state index contributed by atoms with van der Waals surface area (Å²) in [5.41, 5.74) is 5.32.